The minimum absolute atomic E-state index is 0.0270. The zero-order valence-electron chi connectivity index (χ0n) is 16.2. The highest BCUT2D eigenvalue weighted by Gasteiger charge is 2.36. The molecule has 4 heteroatoms. The van der Waals surface area contributed by atoms with E-state index in [-0.39, 0.29) is 17.4 Å². The molecule has 3 rings (SSSR count). The van der Waals surface area contributed by atoms with Crippen molar-refractivity contribution in [1.29, 1.82) is 0 Å². The number of amides is 2. The Bertz CT molecular complexity index is 853. The van der Waals surface area contributed by atoms with Crippen molar-refractivity contribution in [1.82, 2.24) is 4.90 Å². The van der Waals surface area contributed by atoms with E-state index in [1.54, 1.807) is 24.1 Å². The molecule has 0 aromatic heterocycles. The van der Waals surface area contributed by atoms with Gasteiger partial charge in [0.1, 0.15) is 0 Å². The van der Waals surface area contributed by atoms with E-state index in [4.69, 9.17) is 0 Å². The van der Waals surface area contributed by atoms with Crippen LogP contribution < -0.4 is 4.90 Å². The van der Waals surface area contributed by atoms with Gasteiger partial charge in [-0.15, -0.1) is 0 Å². The molecule has 0 aliphatic carbocycles. The van der Waals surface area contributed by atoms with E-state index < -0.39 is 0 Å². The molecule has 1 aliphatic heterocycles. The van der Waals surface area contributed by atoms with Crippen molar-refractivity contribution in [2.24, 2.45) is 0 Å². The second kappa shape index (κ2) is 6.60. The Morgan fingerprint density at radius 1 is 1.04 bits per heavy atom. The van der Waals surface area contributed by atoms with E-state index in [9.17, 15) is 9.59 Å². The number of hydrogen-bond acceptors (Lipinski definition) is 2. The third kappa shape index (κ3) is 3.36. The van der Waals surface area contributed by atoms with Crippen molar-refractivity contribution in [3.63, 3.8) is 0 Å². The molecule has 0 saturated carbocycles. The lowest BCUT2D eigenvalue weighted by Crippen LogP contribution is -2.51. The molecule has 0 N–H and O–H groups in total. The van der Waals surface area contributed by atoms with E-state index in [0.717, 1.165) is 12.1 Å². The van der Waals surface area contributed by atoms with E-state index in [0.29, 0.717) is 12.1 Å². The lowest BCUT2D eigenvalue weighted by molar-refractivity contribution is -0.116. The molecule has 0 spiro atoms. The first-order valence-electron chi connectivity index (χ1n) is 8.94. The Morgan fingerprint density at radius 3 is 2.31 bits per heavy atom. The van der Waals surface area contributed by atoms with Gasteiger partial charge in [-0.25, -0.2) is 0 Å². The Kier molecular flexibility index (Phi) is 4.61. The van der Waals surface area contributed by atoms with E-state index in [1.165, 1.54) is 23.6 Å². The topological polar surface area (TPSA) is 40.6 Å². The van der Waals surface area contributed by atoms with Gasteiger partial charge in [0, 0.05) is 37.3 Å². The first-order chi connectivity index (χ1) is 12.2. The first kappa shape index (κ1) is 18.2. The summed E-state index contributed by atoms with van der Waals surface area (Å²) in [5.41, 5.74) is 4.96. The summed E-state index contributed by atoms with van der Waals surface area (Å²) in [7, 11) is 1.73. The van der Waals surface area contributed by atoms with E-state index in [1.807, 2.05) is 17.0 Å². The molecule has 2 aromatic carbocycles. The van der Waals surface area contributed by atoms with Gasteiger partial charge in [0.05, 0.1) is 0 Å². The normalized spacial score (nSPS) is 15.3. The number of benzene rings is 2. The summed E-state index contributed by atoms with van der Waals surface area (Å²) in [5.74, 6) is -0.00704. The molecule has 0 radical (unpaired) electrons. The zero-order chi connectivity index (χ0) is 19.1. The van der Waals surface area contributed by atoms with Crippen molar-refractivity contribution >= 4 is 17.5 Å². The largest absolute Gasteiger partial charge is 0.329 e. The minimum atomic E-state index is -0.242. The van der Waals surface area contributed by atoms with Crippen LogP contribution in [0.15, 0.2) is 42.5 Å². The molecule has 4 nitrogen and oxygen atoms in total. The van der Waals surface area contributed by atoms with Gasteiger partial charge in [0.15, 0.2) is 0 Å². The van der Waals surface area contributed by atoms with Crippen LogP contribution in [0.25, 0.3) is 0 Å². The predicted octanol–water partition coefficient (Wildman–Crippen LogP) is 3.95. The predicted molar refractivity (Wildman–Crippen MR) is 104 cm³/mol. The summed E-state index contributed by atoms with van der Waals surface area (Å²) in [5, 5.41) is 0. The van der Waals surface area contributed by atoms with Crippen LogP contribution in [-0.2, 0) is 17.8 Å². The molecule has 136 valence electrons. The van der Waals surface area contributed by atoms with Crippen LogP contribution in [0.1, 0.15) is 47.8 Å². The molecule has 0 saturated heterocycles. The number of carbonyl (C=O) groups is 2. The van der Waals surface area contributed by atoms with Crippen LogP contribution in [0, 0.1) is 6.92 Å². The quantitative estimate of drug-likeness (QED) is 0.823. The maximum Gasteiger partial charge on any atom is 0.254 e. The van der Waals surface area contributed by atoms with Crippen LogP contribution in [0.5, 0.6) is 0 Å². The molecule has 2 amide bonds. The SMILES string of the molecule is CC(=O)N(C)c1ccc(C(=O)N2Cc3cc(C)ccc3CC2(C)C)cc1. The Balaban J connectivity index is 1.88. The van der Waals surface area contributed by atoms with Crippen molar-refractivity contribution < 1.29 is 9.59 Å². The third-order valence-electron chi connectivity index (χ3n) is 5.26. The van der Waals surface area contributed by atoms with Crippen molar-refractivity contribution in [3.05, 3.63) is 64.7 Å². The van der Waals surface area contributed by atoms with Crippen molar-refractivity contribution in [2.45, 2.75) is 46.2 Å². The smallest absolute Gasteiger partial charge is 0.254 e. The molecule has 1 aliphatic rings. The van der Waals surface area contributed by atoms with Gasteiger partial charge >= 0.3 is 0 Å². The number of aryl methyl sites for hydroxylation is 1. The highest BCUT2D eigenvalue weighted by Crippen LogP contribution is 2.32. The van der Waals surface area contributed by atoms with Gasteiger partial charge in [-0.05, 0) is 62.6 Å². The number of fused-ring (bicyclic) bond motifs is 1. The fraction of sp³-hybridized carbons (Fsp3) is 0.364. The van der Waals surface area contributed by atoms with Gasteiger partial charge in [-0.2, -0.15) is 0 Å². The summed E-state index contributed by atoms with van der Waals surface area (Å²) in [6.45, 7) is 8.46. The number of hydrogen-bond donors (Lipinski definition) is 0. The highest BCUT2D eigenvalue weighted by molar-refractivity contribution is 5.96. The number of anilines is 1. The van der Waals surface area contributed by atoms with Crippen LogP contribution in [0.4, 0.5) is 5.69 Å². The van der Waals surface area contributed by atoms with Gasteiger partial charge in [-0.3, -0.25) is 9.59 Å². The summed E-state index contributed by atoms with van der Waals surface area (Å²) >= 11 is 0. The monoisotopic (exact) mass is 350 g/mol. The standard InChI is InChI=1S/C22H26N2O2/c1-15-6-7-18-13-22(3,4)24(14-19(18)12-15)21(26)17-8-10-20(11-9-17)23(5)16(2)25/h6-12H,13-14H2,1-5H3. The lowest BCUT2D eigenvalue weighted by Gasteiger charge is -2.43. The van der Waals surface area contributed by atoms with Gasteiger partial charge in [-0.1, -0.05) is 23.8 Å². The van der Waals surface area contributed by atoms with Crippen LogP contribution in [0.2, 0.25) is 0 Å². The number of carbonyl (C=O) groups excluding carboxylic acids is 2. The number of rotatable bonds is 2. The van der Waals surface area contributed by atoms with Crippen molar-refractivity contribution in [2.75, 3.05) is 11.9 Å². The summed E-state index contributed by atoms with van der Waals surface area (Å²) < 4.78 is 0. The number of nitrogens with zero attached hydrogens (tertiary/aromatic N) is 2. The second-order valence-corrected chi connectivity index (χ2v) is 7.78. The highest BCUT2D eigenvalue weighted by atomic mass is 16.2. The van der Waals surface area contributed by atoms with Crippen molar-refractivity contribution in [3.8, 4) is 0 Å². The van der Waals surface area contributed by atoms with Crippen LogP contribution in [-0.4, -0.2) is 29.3 Å². The molecular formula is C22H26N2O2. The Hall–Kier alpha value is -2.62. The van der Waals surface area contributed by atoms with Gasteiger partial charge < -0.3 is 9.80 Å². The molecular weight excluding hydrogens is 324 g/mol. The molecule has 1 heterocycles. The first-order valence-corrected chi connectivity index (χ1v) is 8.94. The van der Waals surface area contributed by atoms with Crippen LogP contribution >= 0.6 is 0 Å². The zero-order valence-corrected chi connectivity index (χ0v) is 16.2. The molecule has 2 aromatic rings. The van der Waals surface area contributed by atoms with E-state index >= 15 is 0 Å². The maximum absolute atomic E-state index is 13.2. The Labute approximate surface area is 155 Å². The second-order valence-electron chi connectivity index (χ2n) is 7.78. The summed E-state index contributed by atoms with van der Waals surface area (Å²) in [4.78, 5) is 28.2. The average Bonchev–Trinajstić information content (AvgIpc) is 2.60. The molecule has 0 unspecified atom stereocenters. The van der Waals surface area contributed by atoms with Gasteiger partial charge in [0.2, 0.25) is 5.91 Å². The fourth-order valence-electron chi connectivity index (χ4n) is 3.53. The fourth-order valence-corrected chi connectivity index (χ4v) is 3.53. The molecule has 0 atom stereocenters. The third-order valence-corrected chi connectivity index (χ3v) is 5.26. The van der Waals surface area contributed by atoms with E-state index in [2.05, 4.69) is 39.0 Å². The lowest BCUT2D eigenvalue weighted by atomic mass is 9.84. The van der Waals surface area contributed by atoms with Gasteiger partial charge in [0.25, 0.3) is 5.91 Å². The average molecular weight is 350 g/mol. The summed E-state index contributed by atoms with van der Waals surface area (Å²) in [6.07, 6.45) is 0.847. The minimum Gasteiger partial charge on any atom is -0.329 e. The Morgan fingerprint density at radius 2 is 1.69 bits per heavy atom. The van der Waals surface area contributed by atoms with Crippen LogP contribution in [0.3, 0.4) is 0 Å². The maximum atomic E-state index is 13.2. The molecule has 0 bridgehead atoms. The molecule has 0 fully saturated rings. The summed E-state index contributed by atoms with van der Waals surface area (Å²) in [6, 6.07) is 13.7. The molecule has 26 heavy (non-hydrogen) atoms.